The van der Waals surface area contributed by atoms with Gasteiger partial charge in [0.25, 0.3) is 0 Å². The minimum Gasteiger partial charge on any atom is -0.394 e. The Morgan fingerprint density at radius 2 is 2.00 bits per heavy atom. The average Bonchev–Trinajstić information content (AvgIpc) is 2.04. The Morgan fingerprint density at radius 1 is 1.46 bits per heavy atom. The van der Waals surface area contributed by atoms with E-state index in [-0.39, 0.29) is 17.9 Å². The summed E-state index contributed by atoms with van der Waals surface area (Å²) in [5, 5.41) is 9.05. The molecule has 0 atom stereocenters. The summed E-state index contributed by atoms with van der Waals surface area (Å²) in [5.74, 6) is 0.242. The van der Waals surface area contributed by atoms with Crippen LogP contribution in [0, 0.1) is 0 Å². The molecule has 0 bridgehead atoms. The van der Waals surface area contributed by atoms with E-state index in [0.717, 1.165) is 6.42 Å². The predicted octanol–water partition coefficient (Wildman–Crippen LogP) is 1.06. The maximum Gasteiger partial charge on any atom is 0.146 e. The summed E-state index contributed by atoms with van der Waals surface area (Å²) in [4.78, 5) is 13.2. The van der Waals surface area contributed by atoms with Gasteiger partial charge in [0.2, 0.25) is 0 Å². The van der Waals surface area contributed by atoms with E-state index < -0.39 is 0 Å². The third-order valence-corrected chi connectivity index (χ3v) is 2.36. The van der Waals surface area contributed by atoms with Gasteiger partial charge < -0.3 is 5.11 Å². The molecule has 0 saturated heterocycles. The lowest BCUT2D eigenvalue weighted by Gasteiger charge is -2.33. The van der Waals surface area contributed by atoms with E-state index in [9.17, 15) is 4.79 Å². The second-order valence-electron chi connectivity index (χ2n) is 4.12. The lowest BCUT2D eigenvalue weighted by Crippen LogP contribution is -2.46. The molecule has 0 aliphatic rings. The van der Waals surface area contributed by atoms with Gasteiger partial charge in [-0.2, -0.15) is 0 Å². The molecule has 0 radical (unpaired) electrons. The number of aliphatic hydroxyl groups excluding tert-OH is 1. The van der Waals surface area contributed by atoms with E-state index in [1.165, 1.54) is 0 Å². The van der Waals surface area contributed by atoms with Gasteiger partial charge in [-0.15, -0.1) is 0 Å². The Bertz CT molecular complexity index is 166. The van der Waals surface area contributed by atoms with Gasteiger partial charge in [-0.05, 0) is 27.3 Å². The maximum absolute atomic E-state index is 11.3. The normalized spacial score (nSPS) is 12.2. The molecule has 13 heavy (non-hydrogen) atoms. The summed E-state index contributed by atoms with van der Waals surface area (Å²) in [7, 11) is 1.86. The van der Waals surface area contributed by atoms with Crippen LogP contribution in [0.1, 0.15) is 33.6 Å². The highest BCUT2D eigenvalue weighted by molar-refractivity contribution is 5.80. The Balaban J connectivity index is 3.99. The van der Waals surface area contributed by atoms with Crippen LogP contribution in [0.25, 0.3) is 0 Å². The number of likely N-dealkylation sites (N-methyl/N-ethyl adjacent to an activating group) is 1. The second-order valence-corrected chi connectivity index (χ2v) is 4.12. The molecule has 0 aromatic rings. The van der Waals surface area contributed by atoms with Gasteiger partial charge in [0.05, 0.1) is 13.2 Å². The molecule has 0 spiro atoms. The fourth-order valence-corrected chi connectivity index (χ4v) is 0.957. The van der Waals surface area contributed by atoms with Crippen molar-refractivity contribution in [2.45, 2.75) is 39.2 Å². The van der Waals surface area contributed by atoms with Crippen LogP contribution in [0.5, 0.6) is 0 Å². The molecule has 0 aliphatic heterocycles. The van der Waals surface area contributed by atoms with Crippen molar-refractivity contribution < 1.29 is 9.90 Å². The van der Waals surface area contributed by atoms with Gasteiger partial charge in [-0.3, -0.25) is 9.69 Å². The van der Waals surface area contributed by atoms with Crippen molar-refractivity contribution >= 4 is 5.78 Å². The number of nitrogens with zero attached hydrogens (tertiary/aromatic N) is 1. The standard InChI is InChI=1S/C10H21NO2/c1-5-6-9(13)7-11(4)10(2,3)8-12/h12H,5-8H2,1-4H3. The highest BCUT2D eigenvalue weighted by Gasteiger charge is 2.23. The van der Waals surface area contributed by atoms with E-state index in [2.05, 4.69) is 0 Å². The molecule has 3 heteroatoms. The first kappa shape index (κ1) is 12.6. The van der Waals surface area contributed by atoms with Crippen molar-refractivity contribution in [3.05, 3.63) is 0 Å². The molecule has 0 aliphatic carbocycles. The van der Waals surface area contributed by atoms with Gasteiger partial charge in [-0.1, -0.05) is 6.92 Å². The molecule has 0 unspecified atom stereocenters. The smallest absolute Gasteiger partial charge is 0.146 e. The van der Waals surface area contributed by atoms with Crippen LogP contribution in [0.2, 0.25) is 0 Å². The third kappa shape index (κ3) is 4.39. The van der Waals surface area contributed by atoms with E-state index in [1.54, 1.807) is 0 Å². The molecule has 1 N–H and O–H groups in total. The Labute approximate surface area is 80.7 Å². The van der Waals surface area contributed by atoms with Gasteiger partial charge in [0.15, 0.2) is 0 Å². The summed E-state index contributed by atoms with van der Waals surface area (Å²) in [6, 6.07) is 0. The van der Waals surface area contributed by atoms with Crippen molar-refractivity contribution in [1.29, 1.82) is 0 Å². The summed E-state index contributed by atoms with van der Waals surface area (Å²) < 4.78 is 0. The molecule has 0 heterocycles. The third-order valence-electron chi connectivity index (χ3n) is 2.36. The zero-order valence-electron chi connectivity index (χ0n) is 9.13. The minimum atomic E-state index is -0.302. The molecular weight excluding hydrogens is 166 g/mol. The molecule has 78 valence electrons. The molecule has 0 rings (SSSR count). The van der Waals surface area contributed by atoms with E-state index in [4.69, 9.17) is 5.11 Å². The van der Waals surface area contributed by atoms with Crippen LogP contribution < -0.4 is 0 Å². The number of ketones is 1. The highest BCUT2D eigenvalue weighted by Crippen LogP contribution is 2.10. The summed E-state index contributed by atoms with van der Waals surface area (Å²) in [6.45, 7) is 6.35. The van der Waals surface area contributed by atoms with Crippen LogP contribution >= 0.6 is 0 Å². The van der Waals surface area contributed by atoms with Gasteiger partial charge in [-0.25, -0.2) is 0 Å². The zero-order valence-corrected chi connectivity index (χ0v) is 9.13. The van der Waals surface area contributed by atoms with E-state index >= 15 is 0 Å². The average molecular weight is 187 g/mol. The van der Waals surface area contributed by atoms with Crippen molar-refractivity contribution in [3.63, 3.8) is 0 Å². The van der Waals surface area contributed by atoms with Gasteiger partial charge in [0.1, 0.15) is 5.78 Å². The lowest BCUT2D eigenvalue weighted by atomic mass is 10.0. The van der Waals surface area contributed by atoms with Crippen LogP contribution in [0.4, 0.5) is 0 Å². The number of rotatable bonds is 6. The van der Waals surface area contributed by atoms with Crippen LogP contribution in [-0.2, 0) is 4.79 Å². The number of hydrogen-bond acceptors (Lipinski definition) is 3. The molecule has 0 aromatic heterocycles. The summed E-state index contributed by atoms with van der Waals surface area (Å²) in [5.41, 5.74) is -0.302. The fraction of sp³-hybridized carbons (Fsp3) is 0.900. The molecule has 0 saturated carbocycles. The predicted molar refractivity (Wildman–Crippen MR) is 53.7 cm³/mol. The molecule has 0 aromatic carbocycles. The number of hydrogen-bond donors (Lipinski definition) is 1. The molecule has 0 fully saturated rings. The minimum absolute atomic E-state index is 0.0723. The number of aliphatic hydroxyl groups is 1. The Hall–Kier alpha value is -0.410. The molecule has 3 nitrogen and oxygen atoms in total. The SMILES string of the molecule is CCCC(=O)CN(C)C(C)(C)CO. The highest BCUT2D eigenvalue weighted by atomic mass is 16.3. The second kappa shape index (κ2) is 5.35. The van der Waals surface area contributed by atoms with Crippen LogP contribution in [-0.4, -0.2) is 41.5 Å². The van der Waals surface area contributed by atoms with Crippen molar-refractivity contribution in [2.75, 3.05) is 20.2 Å². The number of carbonyl (C=O) groups excluding carboxylic acids is 1. The number of carbonyl (C=O) groups is 1. The van der Waals surface area contributed by atoms with Crippen molar-refractivity contribution in [2.24, 2.45) is 0 Å². The van der Waals surface area contributed by atoms with Gasteiger partial charge >= 0.3 is 0 Å². The maximum atomic E-state index is 11.3. The Kier molecular flexibility index (Phi) is 5.18. The van der Waals surface area contributed by atoms with Crippen LogP contribution in [0.15, 0.2) is 0 Å². The molecular formula is C10H21NO2. The summed E-state index contributed by atoms with van der Waals surface area (Å²) in [6.07, 6.45) is 1.53. The zero-order chi connectivity index (χ0) is 10.5. The lowest BCUT2D eigenvalue weighted by molar-refractivity contribution is -0.121. The largest absolute Gasteiger partial charge is 0.394 e. The first-order valence-electron chi connectivity index (χ1n) is 4.78. The van der Waals surface area contributed by atoms with E-state index in [1.807, 2.05) is 32.7 Å². The van der Waals surface area contributed by atoms with E-state index in [0.29, 0.717) is 13.0 Å². The fourth-order valence-electron chi connectivity index (χ4n) is 0.957. The van der Waals surface area contributed by atoms with Crippen molar-refractivity contribution in [3.8, 4) is 0 Å². The van der Waals surface area contributed by atoms with Gasteiger partial charge in [0, 0.05) is 12.0 Å². The number of Topliss-reactive ketones (excluding diaryl/α,β-unsaturated/α-hetero) is 1. The van der Waals surface area contributed by atoms with Crippen molar-refractivity contribution in [1.82, 2.24) is 4.90 Å². The monoisotopic (exact) mass is 187 g/mol. The first-order valence-corrected chi connectivity index (χ1v) is 4.78. The first-order chi connectivity index (χ1) is 5.94. The summed E-state index contributed by atoms with van der Waals surface area (Å²) >= 11 is 0. The Morgan fingerprint density at radius 3 is 2.38 bits per heavy atom. The topological polar surface area (TPSA) is 40.5 Å². The quantitative estimate of drug-likeness (QED) is 0.676. The molecule has 0 amide bonds. The van der Waals surface area contributed by atoms with Crippen LogP contribution in [0.3, 0.4) is 0 Å².